The van der Waals surface area contributed by atoms with Crippen LogP contribution in [0.1, 0.15) is 11.1 Å². The molecule has 9 heteroatoms. The number of fused-ring (bicyclic) bond motifs is 1. The predicted octanol–water partition coefficient (Wildman–Crippen LogP) is 6.47. The van der Waals surface area contributed by atoms with Crippen LogP contribution in [0.15, 0.2) is 77.3 Å². The minimum Gasteiger partial charge on any atom is -0.332 e. The van der Waals surface area contributed by atoms with E-state index in [1.54, 1.807) is 0 Å². The summed E-state index contributed by atoms with van der Waals surface area (Å²) >= 11 is 5.97. The highest BCUT2D eigenvalue weighted by Gasteiger charge is 2.30. The molecule has 160 valence electrons. The molecule has 0 N–H and O–H groups in total. The number of benzene rings is 3. The van der Waals surface area contributed by atoms with Gasteiger partial charge in [-0.15, -0.1) is 0 Å². The first-order valence-corrected chi connectivity index (χ1v) is 9.98. The van der Waals surface area contributed by atoms with Crippen LogP contribution in [-0.4, -0.2) is 19.9 Å². The van der Waals surface area contributed by atoms with Crippen molar-refractivity contribution in [3.63, 3.8) is 0 Å². The van der Waals surface area contributed by atoms with E-state index in [1.807, 2.05) is 53.2 Å². The van der Waals surface area contributed by atoms with E-state index in [0.29, 0.717) is 22.8 Å². The Kier molecular flexibility index (Phi) is 4.94. The molecule has 0 spiro atoms. The van der Waals surface area contributed by atoms with Gasteiger partial charge in [0.15, 0.2) is 5.69 Å². The van der Waals surface area contributed by atoms with E-state index in [1.165, 1.54) is 12.1 Å². The normalized spacial score (nSPS) is 11.9. The van der Waals surface area contributed by atoms with E-state index in [4.69, 9.17) is 16.1 Å². The number of alkyl halides is 3. The van der Waals surface area contributed by atoms with Crippen LogP contribution in [0, 0.1) is 0 Å². The molecule has 32 heavy (non-hydrogen) atoms. The van der Waals surface area contributed by atoms with Gasteiger partial charge in [-0.1, -0.05) is 59.2 Å². The first kappa shape index (κ1) is 20.3. The average molecular weight is 455 g/mol. The maximum atomic E-state index is 12.8. The van der Waals surface area contributed by atoms with Crippen LogP contribution in [0.5, 0.6) is 0 Å². The van der Waals surface area contributed by atoms with Crippen LogP contribution in [0.4, 0.5) is 13.2 Å². The summed E-state index contributed by atoms with van der Waals surface area (Å²) in [4.78, 5) is 4.37. The van der Waals surface area contributed by atoms with Crippen molar-refractivity contribution in [2.45, 2.75) is 12.7 Å². The van der Waals surface area contributed by atoms with Gasteiger partial charge >= 0.3 is 6.18 Å². The summed E-state index contributed by atoms with van der Waals surface area (Å²) in [5, 5.41) is 10.1. The summed E-state index contributed by atoms with van der Waals surface area (Å²) in [5.41, 5.74) is 2.08. The molecule has 2 heterocycles. The Morgan fingerprint density at radius 1 is 0.906 bits per heavy atom. The fourth-order valence-corrected chi connectivity index (χ4v) is 3.54. The molecule has 0 fully saturated rings. The molecule has 0 aliphatic heterocycles. The number of para-hydroxylation sites is 1. The molecular formula is C23H14ClF3N4O. The summed E-state index contributed by atoms with van der Waals surface area (Å²) in [6, 6.07) is 19.7. The van der Waals surface area contributed by atoms with Gasteiger partial charge in [-0.3, -0.25) is 4.68 Å². The van der Waals surface area contributed by atoms with Crippen molar-refractivity contribution in [2.75, 3.05) is 0 Å². The van der Waals surface area contributed by atoms with Gasteiger partial charge in [-0.05, 0) is 35.9 Å². The molecule has 0 saturated heterocycles. The largest absolute Gasteiger partial charge is 0.416 e. The van der Waals surface area contributed by atoms with Gasteiger partial charge in [0, 0.05) is 16.0 Å². The third kappa shape index (κ3) is 3.85. The monoisotopic (exact) mass is 454 g/mol. The maximum absolute atomic E-state index is 12.8. The Labute approximate surface area is 185 Å². The molecule has 0 aliphatic rings. The van der Waals surface area contributed by atoms with Crippen molar-refractivity contribution < 1.29 is 17.7 Å². The average Bonchev–Trinajstić information content (AvgIpc) is 3.40. The second kappa shape index (κ2) is 7.80. The Balaban J connectivity index is 1.50. The Morgan fingerprint density at radius 3 is 2.34 bits per heavy atom. The van der Waals surface area contributed by atoms with Crippen molar-refractivity contribution in [2.24, 2.45) is 0 Å². The second-order valence-electron chi connectivity index (χ2n) is 7.15. The van der Waals surface area contributed by atoms with E-state index < -0.39 is 11.7 Å². The Hall–Kier alpha value is -3.65. The number of aromatic nitrogens is 4. The van der Waals surface area contributed by atoms with Gasteiger partial charge in [0.05, 0.1) is 17.6 Å². The molecule has 0 atom stereocenters. The summed E-state index contributed by atoms with van der Waals surface area (Å²) in [6.07, 6.45) is -4.41. The third-order valence-electron chi connectivity index (χ3n) is 5.00. The molecule has 0 aliphatic carbocycles. The third-order valence-corrected chi connectivity index (χ3v) is 5.25. The van der Waals surface area contributed by atoms with Crippen LogP contribution in [0.2, 0.25) is 5.02 Å². The SMILES string of the molecule is FC(F)(F)c1ccc(-c2noc(-c3nn(Cc4ccc(Cl)cc4)c4ccccc34)n2)cc1. The zero-order valence-electron chi connectivity index (χ0n) is 16.3. The molecule has 5 rings (SSSR count). The van der Waals surface area contributed by atoms with Crippen molar-refractivity contribution in [3.05, 3.63) is 88.9 Å². The molecule has 5 aromatic rings. The molecule has 0 saturated carbocycles. The van der Waals surface area contributed by atoms with Gasteiger partial charge < -0.3 is 4.52 Å². The fourth-order valence-electron chi connectivity index (χ4n) is 3.41. The predicted molar refractivity (Wildman–Crippen MR) is 114 cm³/mol. The van der Waals surface area contributed by atoms with Gasteiger partial charge in [0.1, 0.15) is 0 Å². The molecule has 3 aromatic carbocycles. The minimum atomic E-state index is -4.41. The van der Waals surface area contributed by atoms with Crippen LogP contribution in [0.25, 0.3) is 33.9 Å². The van der Waals surface area contributed by atoms with Crippen LogP contribution in [0.3, 0.4) is 0 Å². The van der Waals surface area contributed by atoms with Gasteiger partial charge in [0.2, 0.25) is 5.82 Å². The zero-order valence-corrected chi connectivity index (χ0v) is 17.1. The first-order valence-electron chi connectivity index (χ1n) is 9.60. The molecule has 0 amide bonds. The number of hydrogen-bond donors (Lipinski definition) is 0. The lowest BCUT2D eigenvalue weighted by Gasteiger charge is -2.05. The number of nitrogens with zero attached hydrogens (tertiary/aromatic N) is 4. The lowest BCUT2D eigenvalue weighted by molar-refractivity contribution is -0.137. The summed E-state index contributed by atoms with van der Waals surface area (Å²) in [5.74, 6) is 0.371. The highest BCUT2D eigenvalue weighted by Crippen LogP contribution is 2.32. The lowest BCUT2D eigenvalue weighted by atomic mass is 10.1. The van der Waals surface area contributed by atoms with E-state index in [9.17, 15) is 13.2 Å². The number of rotatable bonds is 4. The van der Waals surface area contributed by atoms with Crippen molar-refractivity contribution in [3.8, 4) is 23.0 Å². The van der Waals surface area contributed by atoms with Crippen molar-refractivity contribution in [1.82, 2.24) is 19.9 Å². The minimum absolute atomic E-state index is 0.185. The molecule has 5 nitrogen and oxygen atoms in total. The van der Waals surface area contributed by atoms with Gasteiger partial charge in [-0.25, -0.2) is 0 Å². The Bertz CT molecular complexity index is 1390. The smallest absolute Gasteiger partial charge is 0.332 e. The first-order chi connectivity index (χ1) is 15.4. The topological polar surface area (TPSA) is 56.7 Å². The highest BCUT2D eigenvalue weighted by atomic mass is 35.5. The molecule has 0 unspecified atom stereocenters. The summed E-state index contributed by atoms with van der Waals surface area (Å²) in [7, 11) is 0. The lowest BCUT2D eigenvalue weighted by Crippen LogP contribution is -2.04. The van der Waals surface area contributed by atoms with Crippen LogP contribution < -0.4 is 0 Å². The molecule has 2 aromatic heterocycles. The highest BCUT2D eigenvalue weighted by molar-refractivity contribution is 6.30. The molecule has 0 bridgehead atoms. The fraction of sp³-hybridized carbons (Fsp3) is 0.0870. The van der Waals surface area contributed by atoms with Gasteiger partial charge in [-0.2, -0.15) is 23.3 Å². The van der Waals surface area contributed by atoms with E-state index in [0.717, 1.165) is 28.6 Å². The summed E-state index contributed by atoms with van der Waals surface area (Å²) < 4.78 is 45.7. The maximum Gasteiger partial charge on any atom is 0.416 e. The molecule has 0 radical (unpaired) electrons. The van der Waals surface area contributed by atoms with Crippen molar-refractivity contribution >= 4 is 22.5 Å². The number of halogens is 4. The van der Waals surface area contributed by atoms with Crippen LogP contribution in [-0.2, 0) is 12.7 Å². The van der Waals surface area contributed by atoms with Gasteiger partial charge in [0.25, 0.3) is 5.89 Å². The zero-order chi connectivity index (χ0) is 22.3. The summed E-state index contributed by atoms with van der Waals surface area (Å²) in [6.45, 7) is 0.511. The van der Waals surface area contributed by atoms with E-state index in [-0.39, 0.29) is 11.7 Å². The molecular weight excluding hydrogens is 441 g/mol. The van der Waals surface area contributed by atoms with E-state index >= 15 is 0 Å². The quantitative estimate of drug-likeness (QED) is 0.312. The van der Waals surface area contributed by atoms with E-state index in [2.05, 4.69) is 15.2 Å². The number of hydrogen-bond acceptors (Lipinski definition) is 4. The Morgan fingerprint density at radius 2 is 1.62 bits per heavy atom. The van der Waals surface area contributed by atoms with Crippen molar-refractivity contribution in [1.29, 1.82) is 0 Å². The van der Waals surface area contributed by atoms with Crippen LogP contribution >= 0.6 is 11.6 Å². The standard InChI is InChI=1S/C23H14ClF3N4O/c24-17-11-5-14(6-12-17)13-31-19-4-2-1-3-18(19)20(29-31)22-28-21(30-32-22)15-7-9-16(10-8-15)23(25,26)27/h1-12H,13H2. The second-order valence-corrected chi connectivity index (χ2v) is 7.58.